The van der Waals surface area contributed by atoms with Gasteiger partial charge in [0.15, 0.2) is 0 Å². The highest BCUT2D eigenvalue weighted by Gasteiger charge is 2.54. The van der Waals surface area contributed by atoms with Crippen LogP contribution in [0, 0.1) is 6.92 Å². The van der Waals surface area contributed by atoms with Crippen LogP contribution >= 0.6 is 31.6 Å². The molecule has 2 heterocycles. The van der Waals surface area contributed by atoms with E-state index in [0.29, 0.717) is 0 Å². The van der Waals surface area contributed by atoms with Crippen molar-refractivity contribution >= 4 is 31.6 Å². The van der Waals surface area contributed by atoms with Gasteiger partial charge in [-0.2, -0.15) is 18.6 Å². The lowest BCUT2D eigenvalue weighted by atomic mass is 10.1. The number of aromatic amines is 1. The molecule has 1 aliphatic rings. The Labute approximate surface area is 183 Å². The maximum absolute atomic E-state index is 12.1. The third kappa shape index (κ3) is 8.80. The van der Waals surface area contributed by atoms with Crippen molar-refractivity contribution in [2.45, 2.75) is 25.2 Å². The number of H-pyrrole nitrogens is 1. The number of aromatic nitrogens is 2. The fourth-order valence-corrected chi connectivity index (χ4v) is 6.31. The van der Waals surface area contributed by atoms with Crippen LogP contribution in [0.1, 0.15) is 11.6 Å². The molecule has 3 unspecified atom stereocenters. The zero-order chi connectivity index (χ0) is 25.4. The van der Waals surface area contributed by atoms with Gasteiger partial charge >= 0.3 is 37.3 Å². The molecule has 23 heteroatoms. The van der Waals surface area contributed by atoms with Crippen LogP contribution in [0.15, 0.2) is 15.8 Å². The Morgan fingerprint density at radius 2 is 1.76 bits per heavy atom. The average Bonchev–Trinajstić information content (AvgIpc) is 2.93. The van der Waals surface area contributed by atoms with Crippen molar-refractivity contribution in [2.24, 2.45) is 0 Å². The number of nitrogens with one attached hydrogen (secondary N) is 1. The summed E-state index contributed by atoms with van der Waals surface area (Å²) in [4.78, 5) is 89.5. The van der Waals surface area contributed by atoms with Crippen LogP contribution in [0.2, 0.25) is 0 Å². The fraction of sp³-hybridized carbons (Fsp3) is 0.600. The minimum Gasteiger partial charge on any atom is -0.371 e. The highest BCUT2D eigenvalue weighted by Crippen LogP contribution is 2.69. The van der Waals surface area contributed by atoms with Gasteiger partial charge in [0, 0.05) is 11.8 Å². The largest absolute Gasteiger partial charge is 0.580 e. The summed E-state index contributed by atoms with van der Waals surface area (Å²) in [5.41, 5.74) is -1.65. The molecule has 2 rings (SSSR count). The minimum atomic E-state index is -5.74. The molecule has 0 spiro atoms. The Morgan fingerprint density at radius 3 is 2.30 bits per heavy atom. The number of aryl methyl sites for hydroxylation is 1. The Balaban J connectivity index is 2.22. The van der Waals surface area contributed by atoms with Crippen molar-refractivity contribution in [3.8, 4) is 0 Å². The smallest absolute Gasteiger partial charge is 0.371 e. The number of ether oxygens (including phenoxy) is 1. The van der Waals surface area contributed by atoms with Crippen LogP contribution in [-0.2, 0) is 36.1 Å². The second-order valence-electron chi connectivity index (χ2n) is 6.39. The molecule has 190 valence electrons. The lowest BCUT2D eigenvalue weighted by Crippen LogP contribution is -2.40. The van der Waals surface area contributed by atoms with Gasteiger partial charge in [-0.3, -0.25) is 23.8 Å². The molecule has 1 fully saturated rings. The first kappa shape index (κ1) is 28.6. The van der Waals surface area contributed by atoms with E-state index in [4.69, 9.17) is 14.5 Å². The van der Waals surface area contributed by atoms with Gasteiger partial charge in [-0.15, -0.1) is 0 Å². The van der Waals surface area contributed by atoms with E-state index in [9.17, 15) is 47.8 Å². The standard InChI is InChI=1S/C10H18N2O17P4/c1-5-2-12(10(14)11-9(5)13)6-3-25-7(8(6)27-30(15,16)17)4-26-32(21,22)29-33(23,24)28-31(18,19)20/h2,6-8,21-22H,3-4H2,1H3,(H5-,11,13,14,15,16,17,18,19,20,23,24)/p+1/t6?,7-,8?/m1/s1. The average molecular weight is 563 g/mol. The van der Waals surface area contributed by atoms with Gasteiger partial charge in [-0.05, 0) is 11.2 Å². The SMILES string of the molecule is Cc1cn(C2CO[C@H](CO[P+](O)(O)OP(=O)(O)OP(=O)(O)O)C2OP(=O)(O)O)c(=O)[nH]c1=O. The van der Waals surface area contributed by atoms with E-state index < -0.39 is 74.4 Å². The van der Waals surface area contributed by atoms with Gasteiger partial charge in [0.05, 0.1) is 12.6 Å². The second kappa shape index (κ2) is 10.1. The predicted molar refractivity (Wildman–Crippen MR) is 103 cm³/mol. The van der Waals surface area contributed by atoms with Gasteiger partial charge in [-0.25, -0.2) is 18.5 Å². The lowest BCUT2D eigenvalue weighted by molar-refractivity contribution is -0.00300. The molecular formula is C10H19N2O17P4+. The van der Waals surface area contributed by atoms with E-state index in [2.05, 4.69) is 17.7 Å². The highest BCUT2D eigenvalue weighted by atomic mass is 31.3. The summed E-state index contributed by atoms with van der Waals surface area (Å²) in [7, 11) is -21.9. The van der Waals surface area contributed by atoms with E-state index >= 15 is 0 Å². The summed E-state index contributed by atoms with van der Waals surface area (Å²) in [6.07, 6.45) is -2.18. The zero-order valence-electron chi connectivity index (χ0n) is 16.2. The first-order chi connectivity index (χ1) is 14.8. The van der Waals surface area contributed by atoms with Gasteiger partial charge in [0.25, 0.3) is 5.56 Å². The van der Waals surface area contributed by atoms with Gasteiger partial charge in [0.1, 0.15) is 18.8 Å². The molecule has 8 N–H and O–H groups in total. The summed E-state index contributed by atoms with van der Waals surface area (Å²) < 4.78 is 55.8. The highest BCUT2D eigenvalue weighted by molar-refractivity contribution is 7.68. The molecule has 19 nitrogen and oxygen atoms in total. The Morgan fingerprint density at radius 1 is 1.15 bits per heavy atom. The molecule has 0 bridgehead atoms. The van der Waals surface area contributed by atoms with E-state index in [1.165, 1.54) is 6.92 Å². The normalized spacial score (nSPS) is 24.1. The third-order valence-electron chi connectivity index (χ3n) is 3.81. The summed E-state index contributed by atoms with van der Waals surface area (Å²) in [6, 6.07) is -1.26. The molecule has 4 atom stereocenters. The molecule has 0 aliphatic carbocycles. The van der Waals surface area contributed by atoms with Crippen molar-refractivity contribution in [1.82, 2.24) is 9.55 Å². The van der Waals surface area contributed by atoms with Crippen LogP contribution in [0.3, 0.4) is 0 Å². The first-order valence-electron chi connectivity index (χ1n) is 8.26. The number of rotatable bonds is 10. The third-order valence-corrected chi connectivity index (χ3v) is 8.17. The molecule has 1 aliphatic heterocycles. The van der Waals surface area contributed by atoms with E-state index in [1.54, 1.807) is 0 Å². The fourth-order valence-electron chi connectivity index (χ4n) is 2.65. The maximum Gasteiger partial charge on any atom is 0.580 e. The predicted octanol–water partition coefficient (Wildman–Crippen LogP) is -1.83. The maximum atomic E-state index is 12.1. The molecule has 0 aromatic carbocycles. The van der Waals surface area contributed by atoms with Crippen molar-refractivity contribution in [3.63, 3.8) is 0 Å². The van der Waals surface area contributed by atoms with E-state index in [-0.39, 0.29) is 5.56 Å². The van der Waals surface area contributed by atoms with Gasteiger partial charge in [-0.1, -0.05) is 0 Å². The summed E-state index contributed by atoms with van der Waals surface area (Å²) in [5, 5.41) is 0. The number of phosphoric acid groups is 3. The number of hydrogen-bond donors (Lipinski definition) is 8. The molecule has 0 saturated carbocycles. The zero-order valence-corrected chi connectivity index (χ0v) is 19.8. The topological polar surface area (TPSA) is 294 Å². The van der Waals surface area contributed by atoms with Crippen LogP contribution in [0.25, 0.3) is 0 Å². The summed E-state index contributed by atoms with van der Waals surface area (Å²) in [6.45, 7) is -0.146. The number of nitrogens with zero attached hydrogens (tertiary/aromatic N) is 1. The van der Waals surface area contributed by atoms with Gasteiger partial charge < -0.3 is 24.3 Å². The Hall–Kier alpha value is -0.680. The number of hydrogen-bond acceptors (Lipinski definition) is 12. The number of phosphoric ester groups is 1. The summed E-state index contributed by atoms with van der Waals surface area (Å²) in [5.74, 6) is 0. The molecule has 1 saturated heterocycles. The summed E-state index contributed by atoms with van der Waals surface area (Å²) >= 11 is 0. The Bertz CT molecular complexity index is 1120. The lowest BCUT2D eigenvalue weighted by Gasteiger charge is -2.24. The first-order valence-corrected chi connectivity index (χ1v) is 14.3. The molecular weight excluding hydrogens is 544 g/mol. The molecule has 33 heavy (non-hydrogen) atoms. The van der Waals surface area contributed by atoms with Crippen molar-refractivity contribution in [3.05, 3.63) is 32.6 Å². The van der Waals surface area contributed by atoms with Crippen molar-refractivity contribution in [2.75, 3.05) is 13.2 Å². The van der Waals surface area contributed by atoms with Crippen molar-refractivity contribution in [1.29, 1.82) is 0 Å². The molecule has 0 radical (unpaired) electrons. The monoisotopic (exact) mass is 563 g/mol. The van der Waals surface area contributed by atoms with Crippen LogP contribution < -0.4 is 11.2 Å². The quantitative estimate of drug-likeness (QED) is 0.145. The van der Waals surface area contributed by atoms with Crippen LogP contribution in [-0.4, -0.2) is 69.2 Å². The Kier molecular flexibility index (Phi) is 8.76. The van der Waals surface area contributed by atoms with Crippen LogP contribution in [0.5, 0.6) is 0 Å². The minimum absolute atomic E-state index is 0.0528. The molecule has 1 aromatic rings. The molecule has 0 amide bonds. The second-order valence-corrected chi connectivity index (χ2v) is 12.0. The van der Waals surface area contributed by atoms with Gasteiger partial charge in [0.2, 0.25) is 0 Å². The van der Waals surface area contributed by atoms with Crippen LogP contribution in [0.4, 0.5) is 0 Å². The van der Waals surface area contributed by atoms with E-state index in [0.717, 1.165) is 10.8 Å². The molecule has 1 aromatic heterocycles. The van der Waals surface area contributed by atoms with Crippen molar-refractivity contribution < 1.29 is 70.4 Å². The van der Waals surface area contributed by atoms with E-state index in [1.807, 2.05) is 4.98 Å².